The highest BCUT2D eigenvalue weighted by Crippen LogP contribution is 2.34. The van der Waals surface area contributed by atoms with E-state index in [1.54, 1.807) is 0 Å². The second-order valence-electron chi connectivity index (χ2n) is 10.6. The summed E-state index contributed by atoms with van der Waals surface area (Å²) in [5, 5.41) is 36.3. The van der Waals surface area contributed by atoms with E-state index in [1.807, 2.05) is 60.7 Å². The molecule has 14 nitrogen and oxygen atoms in total. The Morgan fingerprint density at radius 3 is 2.29 bits per heavy atom. The number of aliphatic hydroxyl groups is 3. The average Bonchev–Trinajstić information content (AvgIpc) is 3.07. The molecule has 9 atom stereocenters. The molecule has 2 saturated heterocycles. The largest absolute Gasteiger partial charge is 0.465 e. The van der Waals surface area contributed by atoms with Crippen LogP contribution in [0.5, 0.6) is 0 Å². The van der Waals surface area contributed by atoms with Crippen molar-refractivity contribution in [2.75, 3.05) is 26.9 Å². The third kappa shape index (κ3) is 8.87. The third-order valence-electron chi connectivity index (χ3n) is 7.45. The van der Waals surface area contributed by atoms with Gasteiger partial charge in [-0.3, -0.25) is 0 Å². The molecule has 2 aromatic carbocycles. The van der Waals surface area contributed by atoms with Gasteiger partial charge in [-0.15, -0.1) is 6.58 Å². The molecule has 3 N–H and O–H groups in total. The van der Waals surface area contributed by atoms with E-state index < -0.39 is 73.7 Å². The Morgan fingerprint density at radius 1 is 1.09 bits per heavy atom. The van der Waals surface area contributed by atoms with E-state index in [-0.39, 0.29) is 26.4 Å². The number of methoxy groups -OCH3 is 1. The van der Waals surface area contributed by atoms with Crippen LogP contribution in [-0.2, 0) is 51.2 Å². The highest BCUT2D eigenvalue weighted by Gasteiger charge is 2.55. The van der Waals surface area contributed by atoms with Gasteiger partial charge in [0.1, 0.15) is 24.4 Å². The molecule has 4 rings (SSSR count). The van der Waals surface area contributed by atoms with Gasteiger partial charge in [0.25, 0.3) is 5.79 Å². The van der Waals surface area contributed by atoms with Gasteiger partial charge in [-0.05, 0) is 16.7 Å². The lowest BCUT2D eigenvalue weighted by molar-refractivity contribution is -0.328. The molecule has 2 fully saturated rings. The fourth-order valence-corrected chi connectivity index (χ4v) is 5.16. The number of benzene rings is 2. The maximum atomic E-state index is 12.6. The summed E-state index contributed by atoms with van der Waals surface area (Å²) in [4.78, 5) is 15.6. The van der Waals surface area contributed by atoms with Crippen molar-refractivity contribution in [3.63, 3.8) is 0 Å². The highest BCUT2D eigenvalue weighted by molar-refractivity contribution is 5.78. The van der Waals surface area contributed by atoms with Gasteiger partial charge in [0.2, 0.25) is 0 Å². The van der Waals surface area contributed by atoms with Crippen molar-refractivity contribution in [3.05, 3.63) is 94.9 Å². The van der Waals surface area contributed by atoms with Crippen LogP contribution < -0.4 is 0 Å². The topological polar surface area (TPSA) is 191 Å². The highest BCUT2D eigenvalue weighted by atomic mass is 16.7. The average molecular weight is 630 g/mol. The smallest absolute Gasteiger partial charge is 0.366 e. The molecular weight excluding hydrogens is 590 g/mol. The minimum atomic E-state index is -2.10. The normalized spacial score (nSPS) is 30.5. The minimum absolute atomic E-state index is 0.0718. The van der Waals surface area contributed by atoms with E-state index in [0.29, 0.717) is 0 Å². The molecule has 2 aliphatic heterocycles. The fourth-order valence-electron chi connectivity index (χ4n) is 5.16. The van der Waals surface area contributed by atoms with E-state index in [0.717, 1.165) is 18.2 Å². The predicted molar refractivity (Wildman–Crippen MR) is 157 cm³/mol. The maximum absolute atomic E-state index is 12.6. The molecule has 244 valence electrons. The number of aliphatic hydroxyl groups excluding tert-OH is 3. The summed E-state index contributed by atoms with van der Waals surface area (Å²) in [7, 11) is 1.12. The van der Waals surface area contributed by atoms with Crippen molar-refractivity contribution in [2.45, 2.75) is 74.4 Å². The van der Waals surface area contributed by atoms with Gasteiger partial charge >= 0.3 is 5.97 Å². The number of esters is 1. The summed E-state index contributed by atoms with van der Waals surface area (Å²) in [6.45, 7) is 3.18. The van der Waals surface area contributed by atoms with Crippen molar-refractivity contribution in [1.82, 2.24) is 0 Å². The number of carbonyl (C=O) groups is 1. The molecule has 0 aliphatic carbocycles. The number of azide groups is 1. The second-order valence-corrected chi connectivity index (χ2v) is 10.6. The Labute approximate surface area is 260 Å². The lowest BCUT2D eigenvalue weighted by atomic mass is 9.92. The number of ether oxygens (including phenoxy) is 7. The molecule has 2 aliphatic rings. The fraction of sp³-hybridized carbons (Fsp3) is 0.516. The monoisotopic (exact) mass is 629 g/mol. The quantitative estimate of drug-likeness (QED) is 0.0860. The molecule has 0 aromatic heterocycles. The molecule has 0 spiro atoms. The van der Waals surface area contributed by atoms with Crippen LogP contribution >= 0.6 is 0 Å². The zero-order chi connectivity index (χ0) is 32.2. The lowest BCUT2D eigenvalue weighted by Gasteiger charge is -2.45. The number of rotatable bonds is 15. The van der Waals surface area contributed by atoms with E-state index >= 15 is 0 Å². The summed E-state index contributed by atoms with van der Waals surface area (Å²) in [6.07, 6.45) is -8.14. The summed E-state index contributed by atoms with van der Waals surface area (Å²) < 4.78 is 40.5. The Morgan fingerprint density at radius 2 is 1.71 bits per heavy atom. The van der Waals surface area contributed by atoms with E-state index in [1.165, 1.54) is 6.08 Å². The standard InChI is InChI=1S/C31H39N3O11/c1-3-14-44-31(30(38)39-2)15-23(35)25(37)27(45-31)24(36)19-43-29-28(41-17-21-12-8-5-9-13-21)26(22(18-42-29)33-34-32)40-16-20-10-6-4-7-11-20/h3-13,22-29,35-37H,1,14-19H2,2H3/t22-,23+,24+,25+,26-,27+,28+,29+,31+/m0/s1. The molecule has 45 heavy (non-hydrogen) atoms. The summed E-state index contributed by atoms with van der Waals surface area (Å²) in [5.41, 5.74) is 11.0. The van der Waals surface area contributed by atoms with Crippen molar-refractivity contribution in [2.24, 2.45) is 5.11 Å². The first-order valence-electron chi connectivity index (χ1n) is 14.5. The zero-order valence-electron chi connectivity index (χ0n) is 24.9. The third-order valence-corrected chi connectivity index (χ3v) is 7.45. The van der Waals surface area contributed by atoms with Gasteiger partial charge in [-0.1, -0.05) is 71.9 Å². The summed E-state index contributed by atoms with van der Waals surface area (Å²) in [6, 6.07) is 18.0. The molecule has 14 heteroatoms. The van der Waals surface area contributed by atoms with Gasteiger partial charge in [0, 0.05) is 11.3 Å². The maximum Gasteiger partial charge on any atom is 0.366 e. The molecule has 0 unspecified atom stereocenters. The Hall–Kier alpha value is -3.40. The first kappa shape index (κ1) is 34.5. The van der Waals surface area contributed by atoms with Crippen molar-refractivity contribution in [1.29, 1.82) is 0 Å². The second kappa shape index (κ2) is 16.8. The first-order valence-corrected chi connectivity index (χ1v) is 14.5. The lowest BCUT2D eigenvalue weighted by Crippen LogP contribution is -2.63. The summed E-state index contributed by atoms with van der Waals surface area (Å²) in [5.74, 6) is -3.06. The van der Waals surface area contributed by atoms with Crippen LogP contribution in [0.3, 0.4) is 0 Å². The summed E-state index contributed by atoms with van der Waals surface area (Å²) >= 11 is 0. The first-order chi connectivity index (χ1) is 21.8. The van der Waals surface area contributed by atoms with Gasteiger partial charge in [0.05, 0.1) is 58.4 Å². The van der Waals surface area contributed by atoms with Gasteiger partial charge in [0.15, 0.2) is 6.29 Å². The van der Waals surface area contributed by atoms with Gasteiger partial charge in [-0.2, -0.15) is 0 Å². The zero-order valence-corrected chi connectivity index (χ0v) is 24.9. The minimum Gasteiger partial charge on any atom is -0.465 e. The van der Waals surface area contributed by atoms with Crippen LogP contribution in [0.25, 0.3) is 10.4 Å². The Balaban J connectivity index is 1.52. The van der Waals surface area contributed by atoms with Crippen LogP contribution in [-0.4, -0.2) is 103 Å². The molecule has 2 heterocycles. The van der Waals surface area contributed by atoms with Crippen molar-refractivity contribution < 1.29 is 53.3 Å². The Bertz CT molecular complexity index is 1270. The molecule has 2 aromatic rings. The van der Waals surface area contributed by atoms with Crippen molar-refractivity contribution in [3.8, 4) is 0 Å². The molecule has 0 amide bonds. The number of hydrogen-bond acceptors (Lipinski definition) is 12. The number of nitrogens with zero attached hydrogens (tertiary/aromatic N) is 3. The van der Waals surface area contributed by atoms with E-state index in [4.69, 9.17) is 33.2 Å². The van der Waals surface area contributed by atoms with Gasteiger partial charge in [-0.25, -0.2) is 4.79 Å². The molecule has 0 saturated carbocycles. The predicted octanol–water partition coefficient (Wildman–Crippen LogP) is 2.15. The molecular formula is C31H39N3O11. The van der Waals surface area contributed by atoms with E-state index in [2.05, 4.69) is 16.6 Å². The number of hydrogen-bond donors (Lipinski definition) is 3. The van der Waals surface area contributed by atoms with Crippen LogP contribution in [0.1, 0.15) is 17.5 Å². The van der Waals surface area contributed by atoms with E-state index in [9.17, 15) is 25.6 Å². The Kier molecular flexibility index (Phi) is 12.9. The molecule has 0 radical (unpaired) electrons. The number of carbonyl (C=O) groups excluding carboxylic acids is 1. The van der Waals surface area contributed by atoms with Crippen LogP contribution in [0.4, 0.5) is 0 Å². The van der Waals surface area contributed by atoms with Crippen LogP contribution in [0.15, 0.2) is 78.4 Å². The van der Waals surface area contributed by atoms with Crippen LogP contribution in [0.2, 0.25) is 0 Å². The van der Waals surface area contributed by atoms with Crippen LogP contribution in [0, 0.1) is 0 Å². The van der Waals surface area contributed by atoms with Crippen molar-refractivity contribution >= 4 is 5.97 Å². The SMILES string of the molecule is C=CCO[C@]1(C(=O)OC)C[C@@H](O)[C@@H](O)[C@@H]([C@H](O)CO[C@H]2OC[C@H](N=[N+]=[N-])[C@H](OCc3ccccc3)[C@H]2OCc2ccccc2)O1. The molecule has 0 bridgehead atoms. The van der Waals surface area contributed by atoms with Gasteiger partial charge < -0.3 is 48.5 Å².